The minimum atomic E-state index is -3.83. The van der Waals surface area contributed by atoms with Crippen molar-refractivity contribution in [1.82, 2.24) is 14.5 Å². The van der Waals surface area contributed by atoms with E-state index in [0.717, 1.165) is 32.8 Å². The van der Waals surface area contributed by atoms with Gasteiger partial charge in [0.2, 0.25) is 27.7 Å². The fourth-order valence-corrected chi connectivity index (χ4v) is 10.0. The van der Waals surface area contributed by atoms with Gasteiger partial charge in [0.15, 0.2) is 0 Å². The lowest BCUT2D eigenvalue weighted by Gasteiger charge is -2.39. The molecule has 16 heteroatoms. The van der Waals surface area contributed by atoms with E-state index in [0.29, 0.717) is 24.3 Å². The summed E-state index contributed by atoms with van der Waals surface area (Å²) in [6, 6.07) is 22.8. The van der Waals surface area contributed by atoms with Crippen molar-refractivity contribution in [2.75, 3.05) is 48.9 Å². The molecular formula is C42H42N6O9S. The van der Waals surface area contributed by atoms with Gasteiger partial charge in [0.25, 0.3) is 11.8 Å². The maximum Gasteiger partial charge on any atom is 0.264 e. The number of aliphatic hydroxyl groups excluding tert-OH is 1. The maximum atomic E-state index is 14.0. The standard InChI is InChI=1S/C42H42N6O9S/c1-24-8-11-28(12-9-24)58(55,56)47-18-16-29-34(22-49)45-32-13-10-26(21-31(32)39(29)47)25-4-2-5-27(20-25)44-37(51)23-57-19-17-43-33-7-3-6-30-38(33)42(54)48(41(30)53)35-14-15-36(50)46-40(35)52/h2-13,20-21,29,34-35,39,43,45,49H,14-19,22-23H2,1H3,(H,44,51)(H,46,50,52)/t29-,34+,35?,39-/m1/s1. The number of amides is 5. The average Bonchev–Trinajstić information content (AvgIpc) is 3.78. The van der Waals surface area contributed by atoms with E-state index in [9.17, 15) is 37.5 Å². The van der Waals surface area contributed by atoms with Crippen LogP contribution in [0.25, 0.3) is 11.1 Å². The van der Waals surface area contributed by atoms with Crippen molar-refractivity contribution in [3.8, 4) is 11.1 Å². The van der Waals surface area contributed by atoms with Crippen LogP contribution in [0.1, 0.15) is 57.1 Å². The number of fused-ring (bicyclic) bond motifs is 4. The molecule has 0 aromatic heterocycles. The molecule has 1 unspecified atom stereocenters. The van der Waals surface area contributed by atoms with E-state index < -0.39 is 51.6 Å². The number of piperidine rings is 1. The van der Waals surface area contributed by atoms with E-state index in [1.54, 1.807) is 46.8 Å². The average molecular weight is 807 g/mol. The number of nitrogens with zero attached hydrogens (tertiary/aromatic N) is 2. The number of hydrogen-bond acceptors (Lipinski definition) is 11. The molecule has 4 heterocycles. The summed E-state index contributed by atoms with van der Waals surface area (Å²) in [5.74, 6) is -2.89. The third-order valence-electron chi connectivity index (χ3n) is 11.2. The molecule has 5 N–H and O–H groups in total. The number of ether oxygens (including phenoxy) is 1. The molecule has 4 aliphatic heterocycles. The lowest BCUT2D eigenvalue weighted by molar-refractivity contribution is -0.136. The Labute approximate surface area is 334 Å². The fraction of sp³-hybridized carbons (Fsp3) is 0.310. The maximum absolute atomic E-state index is 14.0. The van der Waals surface area contributed by atoms with Gasteiger partial charge in [-0.15, -0.1) is 0 Å². The summed E-state index contributed by atoms with van der Waals surface area (Å²) in [7, 11) is -3.83. The van der Waals surface area contributed by atoms with E-state index in [2.05, 4.69) is 21.3 Å². The van der Waals surface area contributed by atoms with E-state index in [1.807, 2.05) is 43.3 Å². The van der Waals surface area contributed by atoms with E-state index in [4.69, 9.17) is 4.74 Å². The largest absolute Gasteiger partial charge is 0.394 e. The minimum Gasteiger partial charge on any atom is -0.394 e. The Morgan fingerprint density at radius 1 is 0.931 bits per heavy atom. The number of sulfonamides is 1. The van der Waals surface area contributed by atoms with E-state index >= 15 is 0 Å². The summed E-state index contributed by atoms with van der Waals surface area (Å²) in [6.45, 7) is 2.14. The Bertz CT molecular complexity index is 2440. The summed E-state index contributed by atoms with van der Waals surface area (Å²) >= 11 is 0. The molecule has 2 fully saturated rings. The van der Waals surface area contributed by atoms with Gasteiger partial charge in [-0.05, 0) is 85.0 Å². The molecule has 8 rings (SSSR count). The Kier molecular flexibility index (Phi) is 10.6. The quantitative estimate of drug-likeness (QED) is 0.103. The van der Waals surface area contributed by atoms with Gasteiger partial charge < -0.3 is 25.8 Å². The molecule has 5 amide bonds. The molecule has 4 aliphatic rings. The summed E-state index contributed by atoms with van der Waals surface area (Å²) in [4.78, 5) is 64.5. The van der Waals surface area contributed by atoms with Gasteiger partial charge in [-0.3, -0.25) is 34.2 Å². The zero-order valence-electron chi connectivity index (χ0n) is 31.6. The molecule has 0 radical (unpaired) electrons. The van der Waals surface area contributed by atoms with Crippen molar-refractivity contribution in [3.05, 3.63) is 107 Å². The van der Waals surface area contributed by atoms with E-state index in [1.165, 1.54) is 6.07 Å². The zero-order chi connectivity index (χ0) is 40.7. The van der Waals surface area contributed by atoms with Crippen LogP contribution in [0.3, 0.4) is 0 Å². The number of rotatable bonds is 12. The normalized spacial score (nSPS) is 21.5. The SMILES string of the molecule is Cc1ccc(S(=O)(=O)N2CC[C@@H]3[C@H](CO)Nc4ccc(-c5cccc(NC(=O)COCCNc6cccc7c6C(=O)N(C6CCC(=O)NC6=O)C7=O)c5)cc4[C@@H]32)cc1. The number of carbonyl (C=O) groups excluding carboxylic acids is 5. The van der Waals surface area contributed by atoms with Crippen molar-refractivity contribution in [2.45, 2.75) is 49.2 Å². The zero-order valence-corrected chi connectivity index (χ0v) is 32.4. The number of anilines is 3. The Hall–Kier alpha value is -5.94. The molecule has 0 spiro atoms. The second kappa shape index (κ2) is 15.8. The van der Waals surface area contributed by atoms with Gasteiger partial charge in [0, 0.05) is 42.5 Å². The van der Waals surface area contributed by atoms with Crippen LogP contribution in [0.4, 0.5) is 17.1 Å². The minimum absolute atomic E-state index is 0.0240. The predicted octanol–water partition coefficient (Wildman–Crippen LogP) is 3.67. The van der Waals surface area contributed by atoms with Crippen LogP contribution in [0.2, 0.25) is 0 Å². The fourth-order valence-electron chi connectivity index (χ4n) is 8.37. The molecule has 4 aromatic rings. The Morgan fingerprint density at radius 2 is 1.71 bits per heavy atom. The van der Waals surface area contributed by atoms with Gasteiger partial charge in [0.05, 0.1) is 41.3 Å². The lowest BCUT2D eigenvalue weighted by Crippen LogP contribution is -2.54. The van der Waals surface area contributed by atoms with Crippen LogP contribution in [0.15, 0.2) is 89.8 Å². The second-order valence-electron chi connectivity index (χ2n) is 14.8. The molecule has 0 bridgehead atoms. The first kappa shape index (κ1) is 38.9. The number of imide groups is 2. The van der Waals surface area contributed by atoms with Crippen molar-refractivity contribution in [3.63, 3.8) is 0 Å². The summed E-state index contributed by atoms with van der Waals surface area (Å²) in [6.07, 6.45) is 0.675. The molecule has 4 atom stereocenters. The summed E-state index contributed by atoms with van der Waals surface area (Å²) < 4.78 is 35.1. The van der Waals surface area contributed by atoms with Crippen molar-refractivity contribution in [1.29, 1.82) is 0 Å². The number of benzene rings is 4. The molecule has 2 saturated heterocycles. The first-order valence-corrected chi connectivity index (χ1v) is 20.5. The highest BCUT2D eigenvalue weighted by atomic mass is 32.2. The van der Waals surface area contributed by atoms with Gasteiger partial charge in [-0.1, -0.05) is 42.0 Å². The number of carbonyl (C=O) groups is 5. The second-order valence-corrected chi connectivity index (χ2v) is 16.7. The summed E-state index contributed by atoms with van der Waals surface area (Å²) in [5, 5.41) is 21.8. The van der Waals surface area contributed by atoms with Gasteiger partial charge in [0.1, 0.15) is 12.6 Å². The topological polar surface area (TPSA) is 204 Å². The van der Waals surface area contributed by atoms with E-state index in [-0.39, 0.29) is 67.2 Å². The van der Waals surface area contributed by atoms with Crippen LogP contribution in [-0.4, -0.2) is 97.3 Å². The number of aliphatic hydroxyl groups is 1. The van der Waals surface area contributed by atoms with Gasteiger partial charge in [-0.2, -0.15) is 4.31 Å². The first-order valence-electron chi connectivity index (χ1n) is 19.1. The van der Waals surface area contributed by atoms with Crippen molar-refractivity contribution >= 4 is 56.6 Å². The monoisotopic (exact) mass is 806 g/mol. The molecule has 4 aromatic carbocycles. The van der Waals surface area contributed by atoms with Crippen molar-refractivity contribution < 1.29 is 42.2 Å². The Morgan fingerprint density at radius 3 is 2.48 bits per heavy atom. The van der Waals surface area contributed by atoms with Crippen molar-refractivity contribution in [2.24, 2.45) is 5.92 Å². The van der Waals surface area contributed by atoms with Crippen LogP contribution >= 0.6 is 0 Å². The highest BCUT2D eigenvalue weighted by Gasteiger charge is 2.49. The smallest absolute Gasteiger partial charge is 0.264 e. The molecule has 0 aliphatic carbocycles. The third kappa shape index (κ3) is 7.23. The third-order valence-corrected chi connectivity index (χ3v) is 13.1. The Balaban J connectivity index is 0.895. The number of hydrogen-bond donors (Lipinski definition) is 5. The van der Waals surface area contributed by atoms with Gasteiger partial charge in [-0.25, -0.2) is 8.42 Å². The molecule has 300 valence electrons. The molecule has 0 saturated carbocycles. The van der Waals surface area contributed by atoms with Gasteiger partial charge >= 0.3 is 0 Å². The van der Waals surface area contributed by atoms with Crippen LogP contribution in [-0.2, 0) is 29.1 Å². The van der Waals surface area contributed by atoms with Crippen LogP contribution < -0.4 is 21.3 Å². The van der Waals surface area contributed by atoms with Crippen LogP contribution in [0.5, 0.6) is 0 Å². The molecular weight excluding hydrogens is 765 g/mol. The highest BCUT2D eigenvalue weighted by Crippen LogP contribution is 2.49. The molecule has 58 heavy (non-hydrogen) atoms. The first-order chi connectivity index (χ1) is 27.9. The lowest BCUT2D eigenvalue weighted by atomic mass is 9.82. The molecule has 15 nitrogen and oxygen atoms in total. The highest BCUT2D eigenvalue weighted by molar-refractivity contribution is 7.89. The number of aryl methyl sites for hydroxylation is 1. The van der Waals surface area contributed by atoms with Crippen LogP contribution in [0, 0.1) is 12.8 Å². The summed E-state index contributed by atoms with van der Waals surface area (Å²) in [5.41, 5.74) is 5.37. The number of nitrogens with one attached hydrogen (secondary N) is 4. The predicted molar refractivity (Wildman–Crippen MR) is 213 cm³/mol.